The Bertz CT molecular complexity index is 797. The maximum Gasteiger partial charge on any atom is 0.278 e. The van der Waals surface area contributed by atoms with Crippen LogP contribution < -0.4 is 0 Å². The van der Waals surface area contributed by atoms with Crippen LogP contribution in [-0.2, 0) is 6.42 Å². The van der Waals surface area contributed by atoms with Crippen molar-refractivity contribution in [1.29, 1.82) is 0 Å². The number of allylic oxidation sites excluding steroid dienone is 6. The second-order valence-corrected chi connectivity index (χ2v) is 6.69. The molecule has 0 amide bonds. The van der Waals surface area contributed by atoms with Gasteiger partial charge in [-0.2, -0.15) is 0 Å². The lowest BCUT2D eigenvalue weighted by molar-refractivity contribution is -0.534. The molecule has 1 aromatic heterocycles. The average Bonchev–Trinajstić information content (AvgIpc) is 3.06. The first-order valence-electron chi connectivity index (χ1n) is 7.50. The second kappa shape index (κ2) is 5.05. The monoisotopic (exact) mass is 313 g/mol. The fourth-order valence-corrected chi connectivity index (χ4v) is 4.07. The summed E-state index contributed by atoms with van der Waals surface area (Å²) in [6, 6.07) is 0. The van der Waals surface area contributed by atoms with E-state index in [1.807, 2.05) is 6.92 Å². The van der Waals surface area contributed by atoms with Gasteiger partial charge in [-0.05, 0) is 42.8 Å². The second-order valence-electron chi connectivity index (χ2n) is 5.70. The molecule has 5 nitrogen and oxygen atoms in total. The topological polar surface area (TPSA) is 50.3 Å². The van der Waals surface area contributed by atoms with Crippen molar-refractivity contribution in [3.05, 3.63) is 51.3 Å². The molecule has 0 saturated heterocycles. The Labute approximate surface area is 133 Å². The summed E-state index contributed by atoms with van der Waals surface area (Å²) in [4.78, 5) is 18.0. The number of hydrazone groups is 1. The molecule has 112 valence electrons. The van der Waals surface area contributed by atoms with Gasteiger partial charge in [-0.15, -0.1) is 0 Å². The van der Waals surface area contributed by atoms with Crippen molar-refractivity contribution >= 4 is 23.2 Å². The standard InChI is InChI=1S/C16H17N4OS/c1-3-15-17-10(2)8-19(15)12-4-5-13-11(6-12)7-14-16(13)18-20(21)9-22-14/h4,6-8,13H,3,5,9H2,1-2H3/q+1. The zero-order valence-corrected chi connectivity index (χ0v) is 13.4. The SMILES string of the molecule is CCc1nc(C)cn1C1=CCC2C(=C1)C=C1SC[N+](=O)N=C12. The zero-order chi connectivity index (χ0) is 15.3. The summed E-state index contributed by atoms with van der Waals surface area (Å²) in [6.45, 7) is 4.15. The molecule has 0 spiro atoms. The molecular weight excluding hydrogens is 296 g/mol. The van der Waals surface area contributed by atoms with E-state index in [4.69, 9.17) is 0 Å². The van der Waals surface area contributed by atoms with Crippen LogP contribution in [-0.4, -0.2) is 26.0 Å². The molecule has 0 radical (unpaired) electrons. The van der Waals surface area contributed by atoms with Crippen LogP contribution in [0.1, 0.15) is 24.9 Å². The van der Waals surface area contributed by atoms with Crippen molar-refractivity contribution in [3.63, 3.8) is 0 Å². The van der Waals surface area contributed by atoms with Gasteiger partial charge in [0.05, 0.1) is 10.6 Å². The molecule has 2 heterocycles. The summed E-state index contributed by atoms with van der Waals surface area (Å²) in [5.41, 5.74) is 4.40. The number of rotatable bonds is 2. The number of thioether (sulfide) groups is 1. The van der Waals surface area contributed by atoms with Crippen molar-refractivity contribution in [1.82, 2.24) is 9.55 Å². The Kier molecular flexibility index (Phi) is 3.14. The van der Waals surface area contributed by atoms with Crippen LogP contribution in [0, 0.1) is 17.7 Å². The van der Waals surface area contributed by atoms with Gasteiger partial charge in [0, 0.05) is 34.2 Å². The molecule has 2 aliphatic carbocycles. The molecule has 0 saturated carbocycles. The number of nitroso groups, excluding NO2 is 1. The molecule has 0 bridgehead atoms. The van der Waals surface area contributed by atoms with E-state index in [2.05, 4.69) is 46.0 Å². The average molecular weight is 313 g/mol. The number of hydrogen-bond acceptors (Lipinski definition) is 3. The third-order valence-electron chi connectivity index (χ3n) is 4.20. The first-order valence-corrected chi connectivity index (χ1v) is 8.49. The van der Waals surface area contributed by atoms with E-state index in [1.165, 1.54) is 11.3 Å². The van der Waals surface area contributed by atoms with Crippen LogP contribution >= 0.6 is 11.8 Å². The first-order chi connectivity index (χ1) is 10.7. The molecule has 3 aliphatic rings. The van der Waals surface area contributed by atoms with E-state index in [0.29, 0.717) is 5.88 Å². The van der Waals surface area contributed by atoms with Crippen molar-refractivity contribution in [2.24, 2.45) is 11.0 Å². The van der Waals surface area contributed by atoms with E-state index in [0.717, 1.165) is 39.8 Å². The molecule has 0 aromatic carbocycles. The predicted molar refractivity (Wildman–Crippen MR) is 88.4 cm³/mol. The summed E-state index contributed by atoms with van der Waals surface area (Å²) < 4.78 is 2.17. The molecule has 1 atom stereocenters. The number of nitrogens with zero attached hydrogens (tertiary/aromatic N) is 4. The van der Waals surface area contributed by atoms with E-state index < -0.39 is 0 Å². The minimum atomic E-state index is 0.234. The Morgan fingerprint density at radius 1 is 1.45 bits per heavy atom. The highest BCUT2D eigenvalue weighted by Crippen LogP contribution is 2.41. The molecule has 1 aromatic rings. The minimum absolute atomic E-state index is 0.234. The van der Waals surface area contributed by atoms with Crippen molar-refractivity contribution < 1.29 is 4.87 Å². The summed E-state index contributed by atoms with van der Waals surface area (Å²) in [5.74, 6) is 1.70. The zero-order valence-electron chi connectivity index (χ0n) is 12.6. The van der Waals surface area contributed by atoms with Gasteiger partial charge < -0.3 is 4.57 Å². The molecule has 1 aliphatic heterocycles. The molecule has 1 unspecified atom stereocenters. The maximum atomic E-state index is 11.5. The lowest BCUT2D eigenvalue weighted by Crippen LogP contribution is -2.20. The van der Waals surface area contributed by atoms with Crippen molar-refractivity contribution in [3.8, 4) is 0 Å². The Morgan fingerprint density at radius 3 is 3.14 bits per heavy atom. The van der Waals surface area contributed by atoms with E-state index in [9.17, 15) is 4.91 Å². The number of aryl methyl sites for hydroxylation is 2. The van der Waals surface area contributed by atoms with Crippen molar-refractivity contribution in [2.45, 2.75) is 26.7 Å². The third kappa shape index (κ3) is 2.09. The quantitative estimate of drug-likeness (QED) is 0.787. The molecule has 22 heavy (non-hydrogen) atoms. The number of imidazole rings is 1. The van der Waals surface area contributed by atoms with Crippen molar-refractivity contribution in [2.75, 3.05) is 5.88 Å². The van der Waals surface area contributed by atoms with E-state index >= 15 is 0 Å². The highest BCUT2D eigenvalue weighted by atomic mass is 32.2. The Hall–Kier alpha value is -1.95. The van der Waals surface area contributed by atoms with Crippen LogP contribution in [0.3, 0.4) is 0 Å². The van der Waals surface area contributed by atoms with Gasteiger partial charge in [0.2, 0.25) is 0 Å². The normalized spacial score (nSPS) is 23.4. The summed E-state index contributed by atoms with van der Waals surface area (Å²) in [5, 5.41) is 4.18. The van der Waals surface area contributed by atoms with E-state index in [1.54, 1.807) is 11.8 Å². The van der Waals surface area contributed by atoms with Gasteiger partial charge in [-0.1, -0.05) is 13.0 Å². The van der Waals surface area contributed by atoms with Crippen LogP contribution in [0.15, 0.2) is 40.0 Å². The van der Waals surface area contributed by atoms with Crippen LogP contribution in [0.2, 0.25) is 0 Å². The highest BCUT2D eigenvalue weighted by Gasteiger charge is 2.37. The number of aromatic nitrogens is 2. The molecule has 0 N–H and O–H groups in total. The minimum Gasteiger partial charge on any atom is -0.304 e. The molecule has 0 fully saturated rings. The summed E-state index contributed by atoms with van der Waals surface area (Å²) in [7, 11) is 0. The third-order valence-corrected chi connectivity index (χ3v) is 5.19. The number of hydrogen-bond donors (Lipinski definition) is 0. The van der Waals surface area contributed by atoms with Gasteiger partial charge in [-0.3, -0.25) is 0 Å². The number of fused-ring (bicyclic) bond motifs is 3. The highest BCUT2D eigenvalue weighted by molar-refractivity contribution is 8.03. The largest absolute Gasteiger partial charge is 0.304 e. The van der Waals surface area contributed by atoms with Gasteiger partial charge in [0.1, 0.15) is 11.5 Å². The van der Waals surface area contributed by atoms with Crippen LogP contribution in [0.4, 0.5) is 0 Å². The summed E-state index contributed by atoms with van der Waals surface area (Å²) >= 11 is 1.58. The molecule has 6 heteroatoms. The van der Waals surface area contributed by atoms with Gasteiger partial charge in [0.25, 0.3) is 5.88 Å². The predicted octanol–water partition coefficient (Wildman–Crippen LogP) is 3.28. The van der Waals surface area contributed by atoms with Crippen LogP contribution in [0.25, 0.3) is 5.70 Å². The smallest absolute Gasteiger partial charge is 0.278 e. The lowest BCUT2D eigenvalue weighted by Gasteiger charge is -2.19. The fourth-order valence-electron chi connectivity index (χ4n) is 3.21. The first kappa shape index (κ1) is 13.7. The van der Waals surface area contributed by atoms with Crippen LogP contribution in [0.5, 0.6) is 0 Å². The Balaban J connectivity index is 1.72. The van der Waals surface area contributed by atoms with Gasteiger partial charge >= 0.3 is 0 Å². The molecule has 4 rings (SSSR count). The summed E-state index contributed by atoms with van der Waals surface area (Å²) in [6.07, 6.45) is 10.5. The van der Waals surface area contributed by atoms with Gasteiger partial charge in [0.15, 0.2) is 4.87 Å². The Morgan fingerprint density at radius 2 is 2.32 bits per heavy atom. The molecular formula is C16H17N4OS+. The maximum absolute atomic E-state index is 11.5. The van der Waals surface area contributed by atoms with Gasteiger partial charge in [-0.25, -0.2) is 4.98 Å². The lowest BCUT2D eigenvalue weighted by atomic mass is 9.91. The fraction of sp³-hybridized carbons (Fsp3) is 0.375. The van der Waals surface area contributed by atoms with E-state index in [-0.39, 0.29) is 5.92 Å².